The van der Waals surface area contributed by atoms with Crippen LogP contribution in [0.1, 0.15) is 0 Å². The summed E-state index contributed by atoms with van der Waals surface area (Å²) in [4.78, 5) is 12.3. The van der Waals surface area contributed by atoms with Crippen molar-refractivity contribution in [3.05, 3.63) is 42.5 Å². The highest BCUT2D eigenvalue weighted by molar-refractivity contribution is 7.89. The summed E-state index contributed by atoms with van der Waals surface area (Å²) in [5, 5.41) is 2.65. The molecule has 1 aliphatic rings. The predicted molar refractivity (Wildman–Crippen MR) is 110 cm³/mol. The van der Waals surface area contributed by atoms with E-state index in [1.165, 1.54) is 30.7 Å². The van der Waals surface area contributed by atoms with Crippen molar-refractivity contribution >= 4 is 21.6 Å². The Bertz CT molecular complexity index is 988. The molecule has 1 saturated heterocycles. The molecule has 0 aliphatic carbocycles. The van der Waals surface area contributed by atoms with Crippen molar-refractivity contribution in [2.75, 3.05) is 52.4 Å². The molecule has 2 aromatic carbocycles. The Morgan fingerprint density at radius 1 is 1.03 bits per heavy atom. The van der Waals surface area contributed by atoms with Crippen LogP contribution in [0.3, 0.4) is 0 Å². The van der Waals surface area contributed by atoms with E-state index in [9.17, 15) is 13.2 Å². The average molecular weight is 436 g/mol. The lowest BCUT2D eigenvalue weighted by Gasteiger charge is -2.26. The Hall–Kier alpha value is -2.82. The number of carbonyl (C=O) groups is 1. The van der Waals surface area contributed by atoms with Crippen LogP contribution in [0.4, 0.5) is 5.69 Å². The van der Waals surface area contributed by atoms with Gasteiger partial charge in [0.2, 0.25) is 10.0 Å². The van der Waals surface area contributed by atoms with Crippen molar-refractivity contribution in [2.45, 2.75) is 4.90 Å². The molecule has 3 rings (SSSR count). The molecular formula is C20H24N2O7S. The van der Waals surface area contributed by atoms with E-state index in [1.54, 1.807) is 30.3 Å². The molecule has 1 N–H and O–H groups in total. The third-order valence-electron chi connectivity index (χ3n) is 4.46. The number of benzene rings is 2. The predicted octanol–water partition coefficient (Wildman–Crippen LogP) is 1.74. The zero-order valence-electron chi connectivity index (χ0n) is 16.8. The molecule has 0 unspecified atom stereocenters. The maximum Gasteiger partial charge on any atom is 0.262 e. The number of methoxy groups -OCH3 is 2. The van der Waals surface area contributed by atoms with Crippen molar-refractivity contribution in [1.29, 1.82) is 0 Å². The van der Waals surface area contributed by atoms with Crippen LogP contribution < -0.4 is 19.5 Å². The van der Waals surface area contributed by atoms with Gasteiger partial charge in [0, 0.05) is 18.8 Å². The first-order valence-corrected chi connectivity index (χ1v) is 10.7. The van der Waals surface area contributed by atoms with E-state index in [2.05, 4.69) is 5.32 Å². The quantitative estimate of drug-likeness (QED) is 0.672. The molecule has 2 aromatic rings. The van der Waals surface area contributed by atoms with Crippen molar-refractivity contribution < 1.29 is 32.2 Å². The van der Waals surface area contributed by atoms with Gasteiger partial charge in [0.1, 0.15) is 10.6 Å². The minimum atomic E-state index is -3.80. The number of amides is 1. The van der Waals surface area contributed by atoms with E-state index in [4.69, 9.17) is 18.9 Å². The zero-order chi connectivity index (χ0) is 21.6. The molecular weight excluding hydrogens is 412 g/mol. The Kier molecular flexibility index (Phi) is 7.14. The summed E-state index contributed by atoms with van der Waals surface area (Å²) < 4.78 is 48.5. The van der Waals surface area contributed by atoms with Crippen LogP contribution in [-0.4, -0.2) is 65.8 Å². The van der Waals surface area contributed by atoms with Gasteiger partial charge in [-0.05, 0) is 30.3 Å². The molecule has 0 saturated carbocycles. The lowest BCUT2D eigenvalue weighted by Crippen LogP contribution is -2.40. The SMILES string of the molecule is COc1ccccc1OCC(=O)Nc1ccc(OC)c(S(=O)(=O)N2CCOCC2)c1. The first-order chi connectivity index (χ1) is 14.5. The molecule has 162 valence electrons. The van der Waals surface area contributed by atoms with Crippen LogP contribution in [0.25, 0.3) is 0 Å². The molecule has 0 radical (unpaired) electrons. The number of morpholine rings is 1. The number of para-hydroxylation sites is 2. The van der Waals surface area contributed by atoms with Crippen LogP contribution in [-0.2, 0) is 19.6 Å². The number of ether oxygens (including phenoxy) is 4. The molecule has 0 bridgehead atoms. The maximum atomic E-state index is 13.0. The maximum absolute atomic E-state index is 13.0. The third-order valence-corrected chi connectivity index (χ3v) is 6.38. The Morgan fingerprint density at radius 3 is 2.37 bits per heavy atom. The first-order valence-electron chi connectivity index (χ1n) is 9.27. The van der Waals surface area contributed by atoms with Gasteiger partial charge in [-0.2, -0.15) is 4.31 Å². The molecule has 0 aromatic heterocycles. The summed E-state index contributed by atoms with van der Waals surface area (Å²) in [7, 11) is -0.892. The normalized spacial score (nSPS) is 14.7. The Labute approximate surface area is 175 Å². The highest BCUT2D eigenvalue weighted by Crippen LogP contribution is 2.30. The van der Waals surface area contributed by atoms with Gasteiger partial charge in [0.25, 0.3) is 5.91 Å². The molecule has 30 heavy (non-hydrogen) atoms. The topological polar surface area (TPSA) is 103 Å². The number of hydrogen-bond acceptors (Lipinski definition) is 7. The van der Waals surface area contributed by atoms with Gasteiger partial charge in [-0.1, -0.05) is 12.1 Å². The number of anilines is 1. The third kappa shape index (κ3) is 5.02. The summed E-state index contributed by atoms with van der Waals surface area (Å²) in [6.45, 7) is 0.915. The van der Waals surface area contributed by atoms with E-state index in [-0.39, 0.29) is 30.3 Å². The average Bonchev–Trinajstić information content (AvgIpc) is 2.78. The van der Waals surface area contributed by atoms with Crippen LogP contribution in [0, 0.1) is 0 Å². The van der Waals surface area contributed by atoms with Gasteiger partial charge in [-0.3, -0.25) is 4.79 Å². The van der Waals surface area contributed by atoms with Crippen molar-refractivity contribution in [3.63, 3.8) is 0 Å². The Morgan fingerprint density at radius 2 is 1.70 bits per heavy atom. The van der Waals surface area contributed by atoms with Crippen molar-refractivity contribution in [1.82, 2.24) is 4.31 Å². The van der Waals surface area contributed by atoms with Crippen molar-refractivity contribution in [2.24, 2.45) is 0 Å². The van der Waals surface area contributed by atoms with Gasteiger partial charge in [-0.25, -0.2) is 8.42 Å². The number of sulfonamides is 1. The fourth-order valence-electron chi connectivity index (χ4n) is 2.96. The van der Waals surface area contributed by atoms with Gasteiger partial charge >= 0.3 is 0 Å². The zero-order valence-corrected chi connectivity index (χ0v) is 17.6. The lowest BCUT2D eigenvalue weighted by molar-refractivity contribution is -0.118. The van der Waals surface area contributed by atoms with E-state index in [0.717, 1.165) is 0 Å². The minimum Gasteiger partial charge on any atom is -0.495 e. The summed E-state index contributed by atoms with van der Waals surface area (Å²) >= 11 is 0. The highest BCUT2D eigenvalue weighted by Gasteiger charge is 2.29. The first kappa shape index (κ1) is 21.9. The molecule has 1 amide bonds. The molecule has 10 heteroatoms. The van der Waals surface area contributed by atoms with E-state index >= 15 is 0 Å². The number of nitrogens with zero attached hydrogens (tertiary/aromatic N) is 1. The smallest absolute Gasteiger partial charge is 0.262 e. The van der Waals surface area contributed by atoms with Gasteiger partial charge < -0.3 is 24.3 Å². The fourth-order valence-corrected chi connectivity index (χ4v) is 4.55. The van der Waals surface area contributed by atoms with Crippen LogP contribution >= 0.6 is 0 Å². The molecule has 9 nitrogen and oxygen atoms in total. The minimum absolute atomic E-state index is 0.0182. The molecule has 1 fully saturated rings. The Balaban J connectivity index is 1.73. The molecule has 1 aliphatic heterocycles. The second-order valence-electron chi connectivity index (χ2n) is 6.37. The molecule has 0 atom stereocenters. The summed E-state index contributed by atoms with van der Waals surface area (Å²) in [5.41, 5.74) is 0.316. The van der Waals surface area contributed by atoms with E-state index in [0.29, 0.717) is 30.4 Å². The fraction of sp³-hybridized carbons (Fsp3) is 0.350. The summed E-state index contributed by atoms with van der Waals surface area (Å²) in [6.07, 6.45) is 0. The van der Waals surface area contributed by atoms with Gasteiger partial charge in [-0.15, -0.1) is 0 Å². The van der Waals surface area contributed by atoms with Crippen molar-refractivity contribution in [3.8, 4) is 17.2 Å². The van der Waals surface area contributed by atoms with Gasteiger partial charge in [0.15, 0.2) is 18.1 Å². The monoisotopic (exact) mass is 436 g/mol. The number of nitrogens with one attached hydrogen (secondary N) is 1. The number of carbonyl (C=O) groups excluding carboxylic acids is 1. The molecule has 0 spiro atoms. The van der Waals surface area contributed by atoms with E-state index < -0.39 is 15.9 Å². The standard InChI is InChI=1S/C20H24N2O7S/c1-26-16-5-3-4-6-17(16)29-14-20(23)21-15-7-8-18(27-2)19(13-15)30(24,25)22-9-11-28-12-10-22/h3-8,13H,9-12,14H2,1-2H3,(H,21,23). The van der Waals surface area contributed by atoms with Crippen LogP contribution in [0.15, 0.2) is 47.4 Å². The van der Waals surface area contributed by atoms with Crippen LogP contribution in [0.2, 0.25) is 0 Å². The summed E-state index contributed by atoms with van der Waals surface area (Å²) in [5.74, 6) is 0.694. The second-order valence-corrected chi connectivity index (χ2v) is 8.28. The highest BCUT2D eigenvalue weighted by atomic mass is 32.2. The summed E-state index contributed by atoms with van der Waals surface area (Å²) in [6, 6.07) is 11.4. The second kappa shape index (κ2) is 9.79. The largest absolute Gasteiger partial charge is 0.495 e. The molecule has 1 heterocycles. The number of hydrogen-bond donors (Lipinski definition) is 1. The van der Waals surface area contributed by atoms with Crippen LogP contribution in [0.5, 0.6) is 17.2 Å². The van der Waals surface area contributed by atoms with E-state index in [1.807, 2.05) is 0 Å². The number of rotatable bonds is 8. The van der Waals surface area contributed by atoms with Gasteiger partial charge in [0.05, 0.1) is 27.4 Å². The lowest BCUT2D eigenvalue weighted by atomic mass is 10.3.